The SMILES string of the molecule is CCCNc1nc(C2CC2)nc(SC2COC2)c1C. The number of ether oxygens (including phenoxy) is 1. The third kappa shape index (κ3) is 3.03. The van der Waals surface area contributed by atoms with Gasteiger partial charge in [0, 0.05) is 18.0 Å². The summed E-state index contributed by atoms with van der Waals surface area (Å²) in [5, 5.41) is 5.15. The van der Waals surface area contributed by atoms with Gasteiger partial charge in [-0.2, -0.15) is 0 Å². The molecular formula is C14H21N3OS. The number of anilines is 1. The van der Waals surface area contributed by atoms with Crippen molar-refractivity contribution in [3.05, 3.63) is 11.4 Å². The molecule has 1 aromatic rings. The van der Waals surface area contributed by atoms with Crippen LogP contribution in [-0.2, 0) is 4.74 Å². The zero-order valence-corrected chi connectivity index (χ0v) is 12.4. The highest BCUT2D eigenvalue weighted by molar-refractivity contribution is 8.00. The van der Waals surface area contributed by atoms with Crippen LogP contribution >= 0.6 is 11.8 Å². The van der Waals surface area contributed by atoms with Crippen molar-refractivity contribution in [3.8, 4) is 0 Å². The summed E-state index contributed by atoms with van der Waals surface area (Å²) >= 11 is 1.85. The van der Waals surface area contributed by atoms with Crippen molar-refractivity contribution in [2.45, 2.75) is 49.3 Å². The fourth-order valence-corrected chi connectivity index (χ4v) is 3.07. The molecule has 0 unspecified atom stereocenters. The molecule has 2 fully saturated rings. The third-order valence-corrected chi connectivity index (χ3v) is 4.72. The van der Waals surface area contributed by atoms with Gasteiger partial charge in [-0.15, -0.1) is 0 Å². The van der Waals surface area contributed by atoms with E-state index < -0.39 is 0 Å². The minimum atomic E-state index is 0.569. The summed E-state index contributed by atoms with van der Waals surface area (Å²) in [6.07, 6.45) is 3.60. The fourth-order valence-electron chi connectivity index (χ4n) is 2.01. The maximum atomic E-state index is 5.25. The summed E-state index contributed by atoms with van der Waals surface area (Å²) in [5.41, 5.74) is 1.19. The van der Waals surface area contributed by atoms with Crippen molar-refractivity contribution >= 4 is 17.6 Å². The molecule has 0 amide bonds. The highest BCUT2D eigenvalue weighted by Gasteiger charge is 2.29. The van der Waals surface area contributed by atoms with Crippen LogP contribution in [0.3, 0.4) is 0 Å². The Labute approximate surface area is 118 Å². The Hall–Kier alpha value is -0.810. The second kappa shape index (κ2) is 5.67. The van der Waals surface area contributed by atoms with Gasteiger partial charge in [-0.3, -0.25) is 0 Å². The van der Waals surface area contributed by atoms with Crippen molar-refractivity contribution in [2.24, 2.45) is 0 Å². The molecule has 4 nitrogen and oxygen atoms in total. The summed E-state index contributed by atoms with van der Waals surface area (Å²) in [6.45, 7) is 6.97. The highest BCUT2D eigenvalue weighted by atomic mass is 32.2. The van der Waals surface area contributed by atoms with Gasteiger partial charge in [0.2, 0.25) is 0 Å². The third-order valence-electron chi connectivity index (χ3n) is 3.49. The topological polar surface area (TPSA) is 47.0 Å². The van der Waals surface area contributed by atoms with Crippen molar-refractivity contribution in [1.29, 1.82) is 0 Å². The van der Waals surface area contributed by atoms with Crippen LogP contribution in [0.1, 0.15) is 43.5 Å². The maximum absolute atomic E-state index is 5.25. The Morgan fingerprint density at radius 2 is 2.11 bits per heavy atom. The lowest BCUT2D eigenvalue weighted by Gasteiger charge is -2.25. The van der Waals surface area contributed by atoms with E-state index in [1.165, 1.54) is 18.4 Å². The Bertz CT molecular complexity index is 458. The number of nitrogens with one attached hydrogen (secondary N) is 1. The molecule has 3 rings (SSSR count). The number of nitrogens with zero attached hydrogens (tertiary/aromatic N) is 2. The van der Waals surface area contributed by atoms with Gasteiger partial charge in [0.15, 0.2) is 0 Å². The molecular weight excluding hydrogens is 258 g/mol. The van der Waals surface area contributed by atoms with E-state index in [1.54, 1.807) is 0 Å². The predicted molar refractivity (Wildman–Crippen MR) is 78.0 cm³/mol. The Morgan fingerprint density at radius 3 is 2.68 bits per heavy atom. The lowest BCUT2D eigenvalue weighted by atomic mass is 10.3. The molecule has 1 aliphatic carbocycles. The maximum Gasteiger partial charge on any atom is 0.135 e. The first-order chi connectivity index (χ1) is 9.28. The van der Waals surface area contributed by atoms with Crippen LogP contribution in [-0.4, -0.2) is 35.0 Å². The Kier molecular flexibility index (Phi) is 3.93. The number of rotatable bonds is 6. The fraction of sp³-hybridized carbons (Fsp3) is 0.714. The van der Waals surface area contributed by atoms with Crippen LogP contribution in [0.15, 0.2) is 5.03 Å². The van der Waals surface area contributed by atoms with Gasteiger partial charge in [0.1, 0.15) is 16.7 Å². The molecule has 2 aliphatic rings. The van der Waals surface area contributed by atoms with Gasteiger partial charge in [-0.1, -0.05) is 18.7 Å². The van der Waals surface area contributed by atoms with Gasteiger partial charge >= 0.3 is 0 Å². The predicted octanol–water partition coefficient (Wildman–Crippen LogP) is 2.98. The summed E-state index contributed by atoms with van der Waals surface area (Å²) in [6, 6.07) is 0. The number of aromatic nitrogens is 2. The molecule has 19 heavy (non-hydrogen) atoms. The van der Waals surface area contributed by atoms with E-state index in [4.69, 9.17) is 14.7 Å². The zero-order valence-electron chi connectivity index (χ0n) is 11.6. The first-order valence-electron chi connectivity index (χ1n) is 7.14. The second-order valence-corrected chi connectivity index (χ2v) is 6.63. The monoisotopic (exact) mass is 279 g/mol. The summed E-state index contributed by atoms with van der Waals surface area (Å²) < 4.78 is 5.25. The number of thioether (sulfide) groups is 1. The molecule has 0 bridgehead atoms. The molecule has 1 saturated carbocycles. The largest absolute Gasteiger partial charge is 0.379 e. The van der Waals surface area contributed by atoms with Crippen molar-refractivity contribution in [1.82, 2.24) is 9.97 Å². The van der Waals surface area contributed by atoms with Crippen LogP contribution in [0.25, 0.3) is 0 Å². The lowest BCUT2D eigenvalue weighted by Crippen LogP contribution is -2.30. The summed E-state index contributed by atoms with van der Waals surface area (Å²) in [7, 11) is 0. The first-order valence-corrected chi connectivity index (χ1v) is 8.02. The average molecular weight is 279 g/mol. The second-order valence-electron chi connectivity index (χ2n) is 5.34. The van der Waals surface area contributed by atoms with E-state index >= 15 is 0 Å². The molecule has 1 saturated heterocycles. The molecule has 5 heteroatoms. The Morgan fingerprint density at radius 1 is 1.32 bits per heavy atom. The highest BCUT2D eigenvalue weighted by Crippen LogP contribution is 2.40. The number of hydrogen-bond donors (Lipinski definition) is 1. The smallest absolute Gasteiger partial charge is 0.135 e. The minimum absolute atomic E-state index is 0.569. The van der Waals surface area contributed by atoms with E-state index in [0.717, 1.165) is 42.8 Å². The van der Waals surface area contributed by atoms with Crippen LogP contribution < -0.4 is 5.32 Å². The molecule has 2 heterocycles. The zero-order chi connectivity index (χ0) is 13.2. The molecule has 1 aromatic heterocycles. The van der Waals surface area contributed by atoms with Gasteiger partial charge < -0.3 is 10.1 Å². The molecule has 1 N–H and O–H groups in total. The van der Waals surface area contributed by atoms with E-state index in [0.29, 0.717) is 11.2 Å². The van der Waals surface area contributed by atoms with E-state index in [2.05, 4.69) is 19.2 Å². The van der Waals surface area contributed by atoms with Crippen LogP contribution in [0.2, 0.25) is 0 Å². The standard InChI is InChI=1S/C14H21N3OS/c1-3-6-15-12-9(2)14(19-11-7-18-8-11)17-13(16-12)10-4-5-10/h10-11H,3-8H2,1-2H3,(H,15,16,17). The summed E-state index contributed by atoms with van der Waals surface area (Å²) in [4.78, 5) is 9.50. The van der Waals surface area contributed by atoms with E-state index in [9.17, 15) is 0 Å². The van der Waals surface area contributed by atoms with Crippen molar-refractivity contribution in [2.75, 3.05) is 25.1 Å². The average Bonchev–Trinajstić information content (AvgIpc) is 3.18. The van der Waals surface area contributed by atoms with E-state index in [-0.39, 0.29) is 0 Å². The van der Waals surface area contributed by atoms with Crippen LogP contribution in [0.4, 0.5) is 5.82 Å². The number of hydrogen-bond acceptors (Lipinski definition) is 5. The lowest BCUT2D eigenvalue weighted by molar-refractivity contribution is 0.0454. The first kappa shape index (κ1) is 13.2. The van der Waals surface area contributed by atoms with Gasteiger partial charge in [-0.05, 0) is 26.2 Å². The molecule has 0 spiro atoms. The molecule has 104 valence electrons. The minimum Gasteiger partial charge on any atom is -0.379 e. The van der Waals surface area contributed by atoms with Crippen LogP contribution in [0.5, 0.6) is 0 Å². The van der Waals surface area contributed by atoms with Gasteiger partial charge in [-0.25, -0.2) is 9.97 Å². The normalized spacial score (nSPS) is 19.3. The molecule has 0 atom stereocenters. The quantitative estimate of drug-likeness (QED) is 0.811. The molecule has 0 aromatic carbocycles. The van der Waals surface area contributed by atoms with Crippen molar-refractivity contribution < 1.29 is 4.74 Å². The molecule has 0 radical (unpaired) electrons. The Balaban J connectivity index is 1.84. The van der Waals surface area contributed by atoms with Crippen LogP contribution in [0, 0.1) is 6.92 Å². The summed E-state index contributed by atoms with van der Waals surface area (Å²) in [5.74, 6) is 2.66. The van der Waals surface area contributed by atoms with Gasteiger partial charge in [0.25, 0.3) is 0 Å². The molecule has 1 aliphatic heterocycles. The van der Waals surface area contributed by atoms with Gasteiger partial charge in [0.05, 0.1) is 18.5 Å². The van der Waals surface area contributed by atoms with E-state index in [1.807, 2.05) is 11.8 Å². The van der Waals surface area contributed by atoms with Crippen molar-refractivity contribution in [3.63, 3.8) is 0 Å².